The normalized spacial score (nSPS) is 27.1. The van der Waals surface area contributed by atoms with Crippen molar-refractivity contribution in [1.29, 1.82) is 0 Å². The molecule has 5 nitrogen and oxygen atoms in total. The standard InChI is InChI=1S/C21H25ClN4O/c1-4-18(23-21(27)13-5-7-14(22)8-6-13)20-16-9-15(10-17(16)20)26-11-19(12(2)3)24-25-26/h5-8,11,15-18,20H,2,4,9-10H2,1,3H3,(H,23,27)/t15-,16-,17+,18?,20+. The molecule has 1 unspecified atom stereocenters. The van der Waals surface area contributed by atoms with E-state index in [1.165, 1.54) is 0 Å². The third-order valence-corrected chi connectivity index (χ3v) is 6.39. The average molecular weight is 385 g/mol. The van der Waals surface area contributed by atoms with Crippen LogP contribution in [0.5, 0.6) is 0 Å². The number of rotatable bonds is 6. The summed E-state index contributed by atoms with van der Waals surface area (Å²) in [6.07, 6.45) is 5.18. The first-order valence-corrected chi connectivity index (χ1v) is 10.00. The average Bonchev–Trinajstić information content (AvgIpc) is 3.05. The predicted octanol–water partition coefficient (Wildman–Crippen LogP) is 4.37. The van der Waals surface area contributed by atoms with Crippen LogP contribution in [-0.2, 0) is 0 Å². The van der Waals surface area contributed by atoms with Crippen molar-refractivity contribution in [1.82, 2.24) is 20.3 Å². The number of benzene rings is 1. The van der Waals surface area contributed by atoms with Gasteiger partial charge in [0.2, 0.25) is 0 Å². The lowest BCUT2D eigenvalue weighted by Gasteiger charge is -2.21. The van der Waals surface area contributed by atoms with Crippen molar-refractivity contribution in [3.8, 4) is 0 Å². The molecule has 4 rings (SSSR count). The van der Waals surface area contributed by atoms with Crippen LogP contribution in [0, 0.1) is 17.8 Å². The Morgan fingerprint density at radius 3 is 2.56 bits per heavy atom. The monoisotopic (exact) mass is 384 g/mol. The minimum absolute atomic E-state index is 0.0117. The van der Waals surface area contributed by atoms with Crippen LogP contribution in [0.1, 0.15) is 55.2 Å². The first kappa shape index (κ1) is 18.2. The third-order valence-electron chi connectivity index (χ3n) is 6.14. The fourth-order valence-corrected chi connectivity index (χ4v) is 4.78. The van der Waals surface area contributed by atoms with Gasteiger partial charge in [0.05, 0.1) is 12.2 Å². The van der Waals surface area contributed by atoms with Gasteiger partial charge in [0.1, 0.15) is 5.69 Å². The predicted molar refractivity (Wildman–Crippen MR) is 106 cm³/mol. The van der Waals surface area contributed by atoms with Crippen LogP contribution in [0.2, 0.25) is 5.02 Å². The molecule has 5 atom stereocenters. The molecular weight excluding hydrogens is 360 g/mol. The maximum absolute atomic E-state index is 12.5. The number of fused-ring (bicyclic) bond motifs is 1. The topological polar surface area (TPSA) is 59.8 Å². The molecule has 27 heavy (non-hydrogen) atoms. The van der Waals surface area contributed by atoms with E-state index in [0.717, 1.165) is 30.5 Å². The zero-order chi connectivity index (χ0) is 19.1. The van der Waals surface area contributed by atoms with E-state index in [0.29, 0.717) is 34.4 Å². The van der Waals surface area contributed by atoms with Gasteiger partial charge in [-0.05, 0) is 73.8 Å². The quantitative estimate of drug-likeness (QED) is 0.804. The number of carbonyl (C=O) groups excluding carboxylic acids is 1. The lowest BCUT2D eigenvalue weighted by atomic mass is 9.99. The number of hydrogen-bond acceptors (Lipinski definition) is 3. The van der Waals surface area contributed by atoms with Crippen molar-refractivity contribution in [2.24, 2.45) is 17.8 Å². The second-order valence-corrected chi connectivity index (χ2v) is 8.33. The van der Waals surface area contributed by atoms with Gasteiger partial charge in [-0.1, -0.05) is 30.3 Å². The van der Waals surface area contributed by atoms with Gasteiger partial charge in [-0.15, -0.1) is 5.10 Å². The zero-order valence-electron chi connectivity index (χ0n) is 15.7. The Morgan fingerprint density at radius 2 is 2.00 bits per heavy atom. The molecule has 2 saturated carbocycles. The molecule has 142 valence electrons. The summed E-state index contributed by atoms with van der Waals surface area (Å²) in [5.41, 5.74) is 2.48. The van der Waals surface area contributed by atoms with Crippen LogP contribution < -0.4 is 5.32 Å². The number of aromatic nitrogens is 3. The minimum atomic E-state index is -0.0117. The Kier molecular flexibility index (Phi) is 4.81. The van der Waals surface area contributed by atoms with Gasteiger partial charge < -0.3 is 5.32 Å². The van der Waals surface area contributed by atoms with E-state index < -0.39 is 0 Å². The van der Waals surface area contributed by atoms with Crippen LogP contribution in [-0.4, -0.2) is 26.9 Å². The SMILES string of the molecule is C=C(C)c1cn([C@@H]2C[C@@H]3[C@H](C2)[C@H]3C(CC)NC(=O)c2ccc(Cl)cc2)nn1. The van der Waals surface area contributed by atoms with E-state index in [1.54, 1.807) is 24.3 Å². The molecule has 1 N–H and O–H groups in total. The van der Waals surface area contributed by atoms with Crippen molar-refractivity contribution < 1.29 is 4.79 Å². The smallest absolute Gasteiger partial charge is 0.251 e. The second kappa shape index (κ2) is 7.12. The van der Waals surface area contributed by atoms with E-state index in [1.807, 2.05) is 17.8 Å². The van der Waals surface area contributed by atoms with Gasteiger partial charge in [-0.3, -0.25) is 4.79 Å². The number of amides is 1. The Labute approximate surface area is 164 Å². The van der Waals surface area contributed by atoms with Crippen LogP contribution >= 0.6 is 11.6 Å². The van der Waals surface area contributed by atoms with Crippen molar-refractivity contribution in [3.63, 3.8) is 0 Å². The molecule has 0 saturated heterocycles. The van der Waals surface area contributed by atoms with E-state index in [9.17, 15) is 4.79 Å². The largest absolute Gasteiger partial charge is 0.349 e. The van der Waals surface area contributed by atoms with E-state index >= 15 is 0 Å². The molecular formula is C21H25ClN4O. The number of allylic oxidation sites excluding steroid dienone is 1. The number of nitrogens with zero attached hydrogens (tertiary/aromatic N) is 3. The summed E-state index contributed by atoms with van der Waals surface area (Å²) in [5, 5.41) is 12.4. The molecule has 0 spiro atoms. The summed E-state index contributed by atoms with van der Waals surface area (Å²) in [6.45, 7) is 8.03. The molecule has 0 bridgehead atoms. The Morgan fingerprint density at radius 1 is 1.33 bits per heavy atom. The maximum Gasteiger partial charge on any atom is 0.251 e. The van der Waals surface area contributed by atoms with Gasteiger partial charge >= 0.3 is 0 Å². The molecule has 2 fully saturated rings. The molecule has 2 aromatic rings. The van der Waals surface area contributed by atoms with Crippen LogP contribution in [0.15, 0.2) is 37.0 Å². The Bertz CT molecular complexity index is 847. The van der Waals surface area contributed by atoms with Crippen LogP contribution in [0.25, 0.3) is 5.57 Å². The fourth-order valence-electron chi connectivity index (χ4n) is 4.65. The summed E-state index contributed by atoms with van der Waals surface area (Å²) in [5.74, 6) is 1.90. The summed E-state index contributed by atoms with van der Waals surface area (Å²) in [7, 11) is 0. The summed E-state index contributed by atoms with van der Waals surface area (Å²) in [4.78, 5) is 12.5. The maximum atomic E-state index is 12.5. The third kappa shape index (κ3) is 3.53. The molecule has 1 heterocycles. The van der Waals surface area contributed by atoms with Crippen LogP contribution in [0.4, 0.5) is 0 Å². The highest BCUT2D eigenvalue weighted by molar-refractivity contribution is 6.30. The molecule has 2 aliphatic rings. The second-order valence-electron chi connectivity index (χ2n) is 7.89. The number of hydrogen-bond donors (Lipinski definition) is 1. The summed E-state index contributed by atoms with van der Waals surface area (Å²) >= 11 is 5.91. The number of nitrogens with one attached hydrogen (secondary N) is 1. The van der Waals surface area contributed by atoms with Gasteiger partial charge in [-0.25, -0.2) is 4.68 Å². The Balaban J connectivity index is 1.36. The minimum Gasteiger partial charge on any atom is -0.349 e. The number of halogens is 1. The lowest BCUT2D eigenvalue weighted by Crippen LogP contribution is -2.37. The Hall–Kier alpha value is -2.14. The molecule has 0 radical (unpaired) electrons. The highest BCUT2D eigenvalue weighted by atomic mass is 35.5. The number of carbonyl (C=O) groups is 1. The van der Waals surface area contributed by atoms with Gasteiger partial charge in [-0.2, -0.15) is 0 Å². The molecule has 6 heteroatoms. The first-order valence-electron chi connectivity index (χ1n) is 9.62. The summed E-state index contributed by atoms with van der Waals surface area (Å²) in [6, 6.07) is 7.71. The molecule has 1 aromatic heterocycles. The van der Waals surface area contributed by atoms with Gasteiger partial charge in [0.25, 0.3) is 5.91 Å². The van der Waals surface area contributed by atoms with Gasteiger partial charge in [0, 0.05) is 16.6 Å². The van der Waals surface area contributed by atoms with Crippen molar-refractivity contribution in [3.05, 3.63) is 53.3 Å². The first-order chi connectivity index (χ1) is 13.0. The molecule has 1 amide bonds. The summed E-state index contributed by atoms with van der Waals surface area (Å²) < 4.78 is 2.00. The van der Waals surface area contributed by atoms with Gasteiger partial charge in [0.15, 0.2) is 0 Å². The molecule has 1 aromatic carbocycles. The highest BCUT2D eigenvalue weighted by Crippen LogP contribution is 2.62. The van der Waals surface area contributed by atoms with Crippen molar-refractivity contribution in [2.45, 2.75) is 45.2 Å². The molecule has 2 aliphatic carbocycles. The van der Waals surface area contributed by atoms with Crippen molar-refractivity contribution >= 4 is 23.1 Å². The van der Waals surface area contributed by atoms with Crippen LogP contribution in [0.3, 0.4) is 0 Å². The van der Waals surface area contributed by atoms with E-state index in [-0.39, 0.29) is 11.9 Å². The lowest BCUT2D eigenvalue weighted by molar-refractivity contribution is 0.0926. The zero-order valence-corrected chi connectivity index (χ0v) is 16.5. The fraction of sp³-hybridized carbons (Fsp3) is 0.476. The van der Waals surface area contributed by atoms with Crippen molar-refractivity contribution in [2.75, 3.05) is 0 Å². The highest BCUT2D eigenvalue weighted by Gasteiger charge is 2.59. The van der Waals surface area contributed by atoms with E-state index in [4.69, 9.17) is 11.6 Å². The molecule has 0 aliphatic heterocycles. The van der Waals surface area contributed by atoms with E-state index in [2.05, 4.69) is 29.1 Å².